The van der Waals surface area contributed by atoms with Crippen LogP contribution in [0.1, 0.15) is 62.2 Å². The highest BCUT2D eigenvalue weighted by Gasteiger charge is 2.19. The summed E-state index contributed by atoms with van der Waals surface area (Å²) in [5, 5.41) is 10.2. The molecule has 1 aliphatic carbocycles. The summed E-state index contributed by atoms with van der Waals surface area (Å²) in [6.45, 7) is 2.61. The van der Waals surface area contributed by atoms with Crippen molar-refractivity contribution in [1.29, 1.82) is 5.41 Å². The van der Waals surface area contributed by atoms with Gasteiger partial charge in [-0.3, -0.25) is 15.0 Å². The van der Waals surface area contributed by atoms with Crippen molar-refractivity contribution < 1.29 is 14.4 Å². The highest BCUT2D eigenvalue weighted by atomic mass is 16.6. The third kappa shape index (κ3) is 6.26. The van der Waals surface area contributed by atoms with E-state index in [1.54, 1.807) is 18.2 Å². The van der Waals surface area contributed by atoms with E-state index in [0.29, 0.717) is 23.6 Å². The number of unbranched alkanes of at least 4 members (excludes halogenated alkanes) is 2. The maximum atomic E-state index is 12.2. The van der Waals surface area contributed by atoms with Crippen molar-refractivity contribution in [2.45, 2.75) is 58.0 Å². The summed E-state index contributed by atoms with van der Waals surface area (Å²) in [5.74, 6) is 0.0376. The van der Waals surface area contributed by atoms with Gasteiger partial charge < -0.3 is 15.8 Å². The number of rotatable bonds is 9. The molecule has 0 atom stereocenters. The van der Waals surface area contributed by atoms with Crippen molar-refractivity contribution in [3.63, 3.8) is 0 Å². The predicted octanol–water partition coefficient (Wildman–Crippen LogP) is 3.16. The molecule has 0 spiro atoms. The van der Waals surface area contributed by atoms with Gasteiger partial charge in [0.25, 0.3) is 5.91 Å². The number of hydrogen-bond donors (Lipinski definition) is 4. The Labute approximate surface area is 148 Å². The van der Waals surface area contributed by atoms with Crippen molar-refractivity contribution in [2.24, 2.45) is 5.73 Å². The van der Waals surface area contributed by atoms with E-state index in [1.807, 2.05) is 0 Å². The van der Waals surface area contributed by atoms with Crippen molar-refractivity contribution in [3.05, 3.63) is 23.8 Å². The third-order valence-electron chi connectivity index (χ3n) is 4.12. The van der Waals surface area contributed by atoms with Crippen LogP contribution in [0.15, 0.2) is 18.2 Å². The highest BCUT2D eigenvalue weighted by molar-refractivity contribution is 5.96. The Morgan fingerprint density at radius 1 is 1.32 bits per heavy atom. The fourth-order valence-corrected chi connectivity index (χ4v) is 2.79. The molecule has 0 heterocycles. The summed E-state index contributed by atoms with van der Waals surface area (Å²) in [6.07, 6.45) is 7.50. The summed E-state index contributed by atoms with van der Waals surface area (Å²) in [4.78, 5) is 17.4. The predicted molar refractivity (Wildman–Crippen MR) is 97.8 cm³/mol. The Kier molecular flexibility index (Phi) is 7.53. The summed E-state index contributed by atoms with van der Waals surface area (Å²) in [7, 11) is 0. The van der Waals surface area contributed by atoms with Crippen LogP contribution in [0.2, 0.25) is 0 Å². The van der Waals surface area contributed by atoms with Crippen molar-refractivity contribution >= 4 is 17.6 Å². The number of ether oxygens (including phenoxy) is 1. The molecule has 0 radical (unpaired) electrons. The maximum Gasteiger partial charge on any atom is 0.274 e. The zero-order chi connectivity index (χ0) is 18.1. The van der Waals surface area contributed by atoms with Crippen LogP contribution >= 0.6 is 0 Å². The van der Waals surface area contributed by atoms with Crippen LogP contribution in [0.4, 0.5) is 5.69 Å². The van der Waals surface area contributed by atoms with Gasteiger partial charge in [0.05, 0.1) is 18.4 Å². The van der Waals surface area contributed by atoms with Crippen LogP contribution in [-0.2, 0) is 4.84 Å². The summed E-state index contributed by atoms with van der Waals surface area (Å²) < 4.78 is 6.02. The van der Waals surface area contributed by atoms with Gasteiger partial charge in [0.1, 0.15) is 5.75 Å². The monoisotopic (exact) mass is 348 g/mol. The molecule has 1 aromatic carbocycles. The van der Waals surface area contributed by atoms with Gasteiger partial charge in [0, 0.05) is 5.56 Å². The molecule has 7 heteroatoms. The second-order valence-corrected chi connectivity index (χ2v) is 6.26. The largest absolute Gasteiger partial charge is 0.488 e. The van der Waals surface area contributed by atoms with Gasteiger partial charge in [0.15, 0.2) is 5.96 Å². The lowest BCUT2D eigenvalue weighted by Gasteiger charge is -2.18. The van der Waals surface area contributed by atoms with Crippen molar-refractivity contribution in [2.75, 3.05) is 11.9 Å². The first-order valence-corrected chi connectivity index (χ1v) is 8.94. The Morgan fingerprint density at radius 2 is 2.08 bits per heavy atom. The van der Waals surface area contributed by atoms with Crippen LogP contribution in [0.5, 0.6) is 5.75 Å². The third-order valence-corrected chi connectivity index (χ3v) is 4.12. The van der Waals surface area contributed by atoms with E-state index in [1.165, 1.54) is 0 Å². The zero-order valence-electron chi connectivity index (χ0n) is 14.8. The molecule has 0 saturated heterocycles. The maximum absolute atomic E-state index is 12.2. The molecule has 25 heavy (non-hydrogen) atoms. The van der Waals surface area contributed by atoms with Gasteiger partial charge in [-0.05, 0) is 50.3 Å². The number of hydroxylamine groups is 1. The summed E-state index contributed by atoms with van der Waals surface area (Å²) in [6, 6.07) is 5.00. The normalized spacial score (nSPS) is 14.3. The number of anilines is 1. The molecule has 1 amide bonds. The quantitative estimate of drug-likeness (QED) is 0.237. The van der Waals surface area contributed by atoms with Gasteiger partial charge in [-0.15, -0.1) is 0 Å². The average Bonchev–Trinajstić information content (AvgIpc) is 3.08. The first kappa shape index (κ1) is 19.1. The van der Waals surface area contributed by atoms with E-state index in [-0.39, 0.29) is 18.0 Å². The van der Waals surface area contributed by atoms with Crippen LogP contribution in [0.25, 0.3) is 0 Å². The smallest absolute Gasteiger partial charge is 0.274 e. The van der Waals surface area contributed by atoms with Gasteiger partial charge in [-0.1, -0.05) is 19.8 Å². The minimum absolute atomic E-state index is 0.135. The van der Waals surface area contributed by atoms with E-state index in [9.17, 15) is 4.79 Å². The molecule has 7 nitrogen and oxygen atoms in total. The fraction of sp³-hybridized carbons (Fsp3) is 0.556. The van der Waals surface area contributed by atoms with Crippen molar-refractivity contribution in [1.82, 2.24) is 5.48 Å². The molecule has 0 aliphatic heterocycles. The van der Waals surface area contributed by atoms with E-state index in [0.717, 1.165) is 44.9 Å². The first-order valence-electron chi connectivity index (χ1n) is 8.94. The Morgan fingerprint density at radius 3 is 2.76 bits per heavy atom. The van der Waals surface area contributed by atoms with Crippen LogP contribution in [-0.4, -0.2) is 24.6 Å². The fourth-order valence-electron chi connectivity index (χ4n) is 2.79. The summed E-state index contributed by atoms with van der Waals surface area (Å²) in [5.41, 5.74) is 8.90. The molecule has 1 saturated carbocycles. The second-order valence-electron chi connectivity index (χ2n) is 6.26. The molecule has 5 N–H and O–H groups in total. The Balaban J connectivity index is 2.02. The molecule has 1 aromatic rings. The number of benzene rings is 1. The SMILES string of the molecule is CCCCCONC(=O)c1ccc(NC(=N)N)c(OC2CCCC2)c1. The molecule has 2 rings (SSSR count). The molecule has 0 aromatic heterocycles. The number of nitrogens with one attached hydrogen (secondary N) is 3. The molecular weight excluding hydrogens is 320 g/mol. The van der Waals surface area contributed by atoms with E-state index in [2.05, 4.69) is 17.7 Å². The van der Waals surface area contributed by atoms with Gasteiger partial charge in [-0.25, -0.2) is 5.48 Å². The molecule has 1 fully saturated rings. The lowest BCUT2D eigenvalue weighted by molar-refractivity contribution is 0.0298. The molecule has 0 unspecified atom stereocenters. The number of nitrogens with two attached hydrogens (primary N) is 1. The lowest BCUT2D eigenvalue weighted by Crippen LogP contribution is -2.25. The van der Waals surface area contributed by atoms with Gasteiger partial charge in [0.2, 0.25) is 0 Å². The average molecular weight is 348 g/mol. The second kappa shape index (κ2) is 9.88. The highest BCUT2D eigenvalue weighted by Crippen LogP contribution is 2.31. The van der Waals surface area contributed by atoms with Crippen molar-refractivity contribution in [3.8, 4) is 5.75 Å². The Bertz CT molecular complexity index is 586. The number of amides is 1. The topological polar surface area (TPSA) is 109 Å². The molecule has 1 aliphatic rings. The first-order chi connectivity index (χ1) is 12.1. The number of guanidine groups is 1. The van der Waals surface area contributed by atoms with Crippen LogP contribution in [0, 0.1) is 5.41 Å². The zero-order valence-corrected chi connectivity index (χ0v) is 14.8. The van der Waals surface area contributed by atoms with Gasteiger partial charge >= 0.3 is 0 Å². The van der Waals surface area contributed by atoms with E-state index >= 15 is 0 Å². The van der Waals surface area contributed by atoms with Crippen LogP contribution < -0.4 is 21.3 Å². The molecule has 138 valence electrons. The number of carbonyl (C=O) groups excluding carboxylic acids is 1. The van der Waals surface area contributed by atoms with Gasteiger partial charge in [-0.2, -0.15) is 0 Å². The van der Waals surface area contributed by atoms with E-state index < -0.39 is 0 Å². The van der Waals surface area contributed by atoms with E-state index in [4.69, 9.17) is 20.7 Å². The molecular formula is C18H28N4O3. The van der Waals surface area contributed by atoms with Crippen LogP contribution in [0.3, 0.4) is 0 Å². The number of hydrogen-bond acceptors (Lipinski definition) is 4. The minimum atomic E-state index is -0.317. The number of carbonyl (C=O) groups is 1. The lowest BCUT2D eigenvalue weighted by atomic mass is 10.1. The Hall–Kier alpha value is -2.28. The summed E-state index contributed by atoms with van der Waals surface area (Å²) >= 11 is 0. The minimum Gasteiger partial charge on any atom is -0.488 e. The molecule has 0 bridgehead atoms. The standard InChI is InChI=1S/C18H28N4O3/c1-2-3-6-11-24-22-17(23)13-9-10-15(21-18(19)20)16(12-13)25-14-7-4-5-8-14/h9-10,12,14H,2-8,11H2,1H3,(H,22,23)(H4,19,20,21).